The van der Waals surface area contributed by atoms with Crippen molar-refractivity contribution in [2.75, 3.05) is 27.3 Å². The van der Waals surface area contributed by atoms with Crippen molar-refractivity contribution in [1.82, 2.24) is 10.2 Å². The molecule has 37 heavy (non-hydrogen) atoms. The van der Waals surface area contributed by atoms with Crippen LogP contribution in [0.15, 0.2) is 66.7 Å². The maximum absolute atomic E-state index is 13.6. The Morgan fingerprint density at radius 2 is 1.73 bits per heavy atom. The molecule has 5 heteroatoms. The lowest BCUT2D eigenvalue weighted by Gasteiger charge is -2.40. The van der Waals surface area contributed by atoms with E-state index in [9.17, 15) is 4.79 Å². The summed E-state index contributed by atoms with van der Waals surface area (Å²) >= 11 is 0. The number of aryl methyl sites for hydroxylation is 3. The molecule has 196 valence electrons. The van der Waals surface area contributed by atoms with Gasteiger partial charge in [-0.15, -0.1) is 0 Å². The molecule has 3 aromatic rings. The quantitative estimate of drug-likeness (QED) is 0.360. The monoisotopic (exact) mass is 500 g/mol. The fourth-order valence-corrected chi connectivity index (χ4v) is 5.49. The van der Waals surface area contributed by atoms with E-state index >= 15 is 0 Å². The van der Waals surface area contributed by atoms with Crippen molar-refractivity contribution in [3.63, 3.8) is 0 Å². The van der Waals surface area contributed by atoms with Gasteiger partial charge in [0, 0.05) is 30.3 Å². The van der Waals surface area contributed by atoms with E-state index in [1.165, 1.54) is 11.1 Å². The smallest absolute Gasteiger partial charge is 0.254 e. The van der Waals surface area contributed by atoms with E-state index in [2.05, 4.69) is 60.5 Å². The second-order valence-electron chi connectivity index (χ2n) is 10.2. The van der Waals surface area contributed by atoms with Gasteiger partial charge in [0.15, 0.2) is 0 Å². The summed E-state index contributed by atoms with van der Waals surface area (Å²) in [6.45, 7) is 5.82. The van der Waals surface area contributed by atoms with Gasteiger partial charge in [0.1, 0.15) is 11.5 Å². The van der Waals surface area contributed by atoms with Gasteiger partial charge in [0.05, 0.1) is 14.2 Å². The van der Waals surface area contributed by atoms with Crippen LogP contribution in [0, 0.1) is 13.8 Å². The number of hydrogen-bond donors (Lipinski definition) is 1. The Labute approximate surface area is 221 Å². The molecule has 1 fully saturated rings. The zero-order valence-electron chi connectivity index (χ0n) is 22.6. The Bertz CT molecular complexity index is 1160. The number of methoxy groups -OCH3 is 2. The largest absolute Gasteiger partial charge is 0.497 e. The molecule has 0 unspecified atom stereocenters. The van der Waals surface area contributed by atoms with E-state index in [0.717, 1.165) is 73.4 Å². The Morgan fingerprint density at radius 3 is 2.43 bits per heavy atom. The number of benzene rings is 3. The summed E-state index contributed by atoms with van der Waals surface area (Å²) in [5.41, 5.74) is 5.54. The van der Waals surface area contributed by atoms with E-state index in [0.29, 0.717) is 6.04 Å². The van der Waals surface area contributed by atoms with E-state index in [-0.39, 0.29) is 11.9 Å². The van der Waals surface area contributed by atoms with Crippen LogP contribution in [-0.2, 0) is 12.8 Å². The molecule has 0 aromatic heterocycles. The first-order valence-electron chi connectivity index (χ1n) is 13.3. The van der Waals surface area contributed by atoms with Gasteiger partial charge < -0.3 is 19.7 Å². The first kappa shape index (κ1) is 26.7. The van der Waals surface area contributed by atoms with Crippen LogP contribution in [0.1, 0.15) is 51.9 Å². The number of carbonyl (C=O) groups excluding carboxylic acids is 1. The lowest BCUT2D eigenvalue weighted by molar-refractivity contribution is 0.0577. The number of nitrogens with zero attached hydrogens (tertiary/aromatic N) is 1. The van der Waals surface area contributed by atoms with Crippen molar-refractivity contribution in [3.8, 4) is 11.5 Å². The number of ether oxygens (including phenoxy) is 2. The fourth-order valence-electron chi connectivity index (χ4n) is 5.49. The van der Waals surface area contributed by atoms with Gasteiger partial charge in [-0.25, -0.2) is 0 Å². The second kappa shape index (κ2) is 12.8. The molecule has 1 N–H and O–H groups in total. The van der Waals surface area contributed by atoms with Crippen LogP contribution in [0.2, 0.25) is 0 Å². The van der Waals surface area contributed by atoms with Crippen LogP contribution in [0.25, 0.3) is 0 Å². The maximum atomic E-state index is 13.6. The predicted octanol–water partition coefficient (Wildman–Crippen LogP) is 5.76. The highest BCUT2D eigenvalue weighted by molar-refractivity contribution is 5.95. The van der Waals surface area contributed by atoms with Gasteiger partial charge in [-0.05, 0) is 81.8 Å². The first-order chi connectivity index (χ1) is 18.0. The standard InChI is InChI=1S/C32H40N2O3/c1-23-17-24(2)19-27(18-23)32(35)34-16-14-28(21-29(34)20-25-9-6-5-7-10-25)33-15-8-11-26-12-13-30(36-3)22-31(26)37-4/h5-7,9-10,12-13,17-19,22,28-29,33H,8,11,14-16,20-21H2,1-4H3/t28-,29+/m0/s1. The average molecular weight is 501 g/mol. The molecule has 1 aliphatic rings. The van der Waals surface area contributed by atoms with Gasteiger partial charge in [-0.1, -0.05) is 53.6 Å². The zero-order chi connectivity index (χ0) is 26.2. The fraction of sp³-hybridized carbons (Fsp3) is 0.406. The minimum absolute atomic E-state index is 0.151. The molecule has 1 heterocycles. The van der Waals surface area contributed by atoms with Crippen molar-refractivity contribution in [1.29, 1.82) is 0 Å². The molecule has 5 nitrogen and oxygen atoms in total. The van der Waals surface area contributed by atoms with Crippen molar-refractivity contribution in [3.05, 3.63) is 94.5 Å². The highest BCUT2D eigenvalue weighted by Gasteiger charge is 2.32. The summed E-state index contributed by atoms with van der Waals surface area (Å²) in [5, 5.41) is 3.78. The van der Waals surface area contributed by atoms with Crippen LogP contribution in [0.4, 0.5) is 0 Å². The summed E-state index contributed by atoms with van der Waals surface area (Å²) in [5.74, 6) is 1.84. The molecule has 0 saturated carbocycles. The lowest BCUT2D eigenvalue weighted by atomic mass is 9.91. The molecule has 0 radical (unpaired) electrons. The first-order valence-corrected chi connectivity index (χ1v) is 13.3. The normalized spacial score (nSPS) is 17.5. The third kappa shape index (κ3) is 7.14. The van der Waals surface area contributed by atoms with Crippen molar-refractivity contribution in [2.24, 2.45) is 0 Å². The van der Waals surface area contributed by atoms with Crippen LogP contribution >= 0.6 is 0 Å². The molecular formula is C32H40N2O3. The Morgan fingerprint density at radius 1 is 0.973 bits per heavy atom. The Balaban J connectivity index is 1.39. The number of piperidine rings is 1. The molecule has 2 atom stereocenters. The van der Waals surface area contributed by atoms with Crippen LogP contribution in [0.5, 0.6) is 11.5 Å². The summed E-state index contributed by atoms with van der Waals surface area (Å²) in [6, 6.07) is 23.3. The second-order valence-corrected chi connectivity index (χ2v) is 10.2. The highest BCUT2D eigenvalue weighted by Crippen LogP contribution is 2.27. The predicted molar refractivity (Wildman–Crippen MR) is 150 cm³/mol. The number of carbonyl (C=O) groups is 1. The third-order valence-corrected chi connectivity index (χ3v) is 7.31. The maximum Gasteiger partial charge on any atom is 0.254 e. The molecular weight excluding hydrogens is 460 g/mol. The minimum atomic E-state index is 0.151. The third-order valence-electron chi connectivity index (χ3n) is 7.31. The van der Waals surface area contributed by atoms with Gasteiger partial charge in [0.25, 0.3) is 5.91 Å². The number of nitrogens with one attached hydrogen (secondary N) is 1. The molecule has 1 amide bonds. The van der Waals surface area contributed by atoms with Crippen molar-refractivity contribution >= 4 is 5.91 Å². The lowest BCUT2D eigenvalue weighted by Crippen LogP contribution is -2.52. The van der Waals surface area contributed by atoms with Gasteiger partial charge in [0.2, 0.25) is 0 Å². The average Bonchev–Trinajstić information content (AvgIpc) is 2.91. The molecule has 1 aliphatic heterocycles. The summed E-state index contributed by atoms with van der Waals surface area (Å²) in [6.07, 6.45) is 4.76. The molecule has 4 rings (SSSR count). The number of hydrogen-bond acceptors (Lipinski definition) is 4. The minimum Gasteiger partial charge on any atom is -0.497 e. The van der Waals surface area contributed by atoms with Crippen molar-refractivity contribution in [2.45, 2.75) is 58.0 Å². The number of amides is 1. The number of rotatable bonds is 10. The molecule has 0 spiro atoms. The summed E-state index contributed by atoms with van der Waals surface area (Å²) < 4.78 is 10.9. The van der Waals surface area contributed by atoms with Gasteiger partial charge in [-0.3, -0.25) is 4.79 Å². The Kier molecular flexibility index (Phi) is 9.24. The molecule has 0 bridgehead atoms. The van der Waals surface area contributed by atoms with Gasteiger partial charge >= 0.3 is 0 Å². The van der Waals surface area contributed by atoms with E-state index in [1.807, 2.05) is 30.3 Å². The van der Waals surface area contributed by atoms with Crippen molar-refractivity contribution < 1.29 is 14.3 Å². The van der Waals surface area contributed by atoms with Gasteiger partial charge in [-0.2, -0.15) is 0 Å². The Hall–Kier alpha value is -3.31. The van der Waals surface area contributed by atoms with E-state index < -0.39 is 0 Å². The highest BCUT2D eigenvalue weighted by atomic mass is 16.5. The van der Waals surface area contributed by atoms with Crippen LogP contribution < -0.4 is 14.8 Å². The summed E-state index contributed by atoms with van der Waals surface area (Å²) in [4.78, 5) is 15.7. The van der Waals surface area contributed by atoms with E-state index in [1.54, 1.807) is 14.2 Å². The molecule has 1 saturated heterocycles. The van der Waals surface area contributed by atoms with Crippen LogP contribution in [-0.4, -0.2) is 50.2 Å². The summed E-state index contributed by atoms with van der Waals surface area (Å²) in [7, 11) is 3.38. The zero-order valence-corrected chi connectivity index (χ0v) is 22.6. The molecule has 3 aromatic carbocycles. The topological polar surface area (TPSA) is 50.8 Å². The van der Waals surface area contributed by atoms with E-state index in [4.69, 9.17) is 9.47 Å². The molecule has 0 aliphatic carbocycles. The number of likely N-dealkylation sites (tertiary alicyclic amines) is 1. The SMILES string of the molecule is COc1ccc(CCCN[C@H]2CCN(C(=O)c3cc(C)cc(C)c3)[C@H](Cc3ccccc3)C2)c(OC)c1. The van der Waals surface area contributed by atoms with Crippen LogP contribution in [0.3, 0.4) is 0 Å².